The number of anilines is 1. The van der Waals surface area contributed by atoms with E-state index in [4.69, 9.17) is 11.6 Å². The van der Waals surface area contributed by atoms with Crippen LogP contribution in [0.15, 0.2) is 53.4 Å². The van der Waals surface area contributed by atoms with Gasteiger partial charge in [0.15, 0.2) is 0 Å². The largest absolute Gasteiger partial charge is 0.326 e. The second-order valence-corrected chi connectivity index (χ2v) is 8.28. The lowest BCUT2D eigenvalue weighted by Crippen LogP contribution is -2.27. The maximum Gasteiger partial charge on any atom is 0.240 e. The number of hydrogen-bond donors (Lipinski definition) is 2. The van der Waals surface area contributed by atoms with E-state index in [0.717, 1.165) is 6.42 Å². The number of benzene rings is 2. The topological polar surface area (TPSA) is 75.3 Å². The van der Waals surface area contributed by atoms with Crippen molar-refractivity contribution >= 4 is 33.2 Å². The monoisotopic (exact) mass is 394 g/mol. The molecule has 0 aliphatic carbocycles. The van der Waals surface area contributed by atoms with Crippen LogP contribution in [0.2, 0.25) is 5.02 Å². The van der Waals surface area contributed by atoms with Gasteiger partial charge < -0.3 is 5.32 Å². The lowest BCUT2D eigenvalue weighted by atomic mass is 9.99. The quantitative estimate of drug-likeness (QED) is 0.705. The molecule has 140 valence electrons. The second kappa shape index (κ2) is 9.16. The van der Waals surface area contributed by atoms with Gasteiger partial charge in [0.25, 0.3) is 0 Å². The van der Waals surface area contributed by atoms with Crippen LogP contribution in [-0.4, -0.2) is 20.9 Å². The second-order valence-electron chi connectivity index (χ2n) is 6.08. The van der Waals surface area contributed by atoms with Crippen molar-refractivity contribution in [2.45, 2.75) is 37.5 Å². The molecule has 7 heteroatoms. The molecule has 0 saturated carbocycles. The predicted molar refractivity (Wildman–Crippen MR) is 105 cm³/mol. The molecule has 2 aromatic rings. The summed E-state index contributed by atoms with van der Waals surface area (Å²) in [5, 5.41) is 3.23. The minimum atomic E-state index is -3.65. The molecule has 0 saturated heterocycles. The summed E-state index contributed by atoms with van der Waals surface area (Å²) in [5.74, 6) is 0.224. The van der Waals surface area contributed by atoms with Crippen LogP contribution < -0.4 is 10.0 Å². The van der Waals surface area contributed by atoms with Crippen molar-refractivity contribution in [2.24, 2.45) is 0 Å². The Labute approximate surface area is 159 Å². The zero-order chi connectivity index (χ0) is 19.2. The van der Waals surface area contributed by atoms with E-state index in [0.29, 0.717) is 16.6 Å². The molecule has 0 aromatic heterocycles. The van der Waals surface area contributed by atoms with Crippen molar-refractivity contribution in [3.8, 4) is 0 Å². The van der Waals surface area contributed by atoms with Gasteiger partial charge in [-0.05, 0) is 54.3 Å². The highest BCUT2D eigenvalue weighted by Gasteiger charge is 2.14. The smallest absolute Gasteiger partial charge is 0.240 e. The van der Waals surface area contributed by atoms with Crippen LogP contribution in [0.25, 0.3) is 0 Å². The molecule has 0 spiro atoms. The Kier molecular flexibility index (Phi) is 7.20. The highest BCUT2D eigenvalue weighted by molar-refractivity contribution is 7.89. The number of hydrogen-bond acceptors (Lipinski definition) is 3. The highest BCUT2D eigenvalue weighted by atomic mass is 35.5. The number of sulfonamides is 1. The van der Waals surface area contributed by atoms with Crippen molar-refractivity contribution in [1.82, 2.24) is 4.72 Å². The molecule has 0 aliphatic rings. The molecule has 0 heterocycles. The van der Waals surface area contributed by atoms with Gasteiger partial charge in [0.05, 0.1) is 4.90 Å². The number of halogens is 1. The van der Waals surface area contributed by atoms with Crippen molar-refractivity contribution in [3.63, 3.8) is 0 Å². The highest BCUT2D eigenvalue weighted by Crippen LogP contribution is 2.20. The Hall–Kier alpha value is -1.89. The predicted octanol–water partition coefficient (Wildman–Crippen LogP) is 4.16. The lowest BCUT2D eigenvalue weighted by Gasteiger charge is -2.11. The van der Waals surface area contributed by atoms with E-state index in [1.54, 1.807) is 0 Å². The number of nitrogens with one attached hydrogen (secondary N) is 2. The summed E-state index contributed by atoms with van der Waals surface area (Å²) in [7, 11) is -3.65. The summed E-state index contributed by atoms with van der Waals surface area (Å²) in [6.45, 7) is 4.30. The first-order chi connectivity index (χ1) is 12.3. The van der Waals surface area contributed by atoms with Crippen molar-refractivity contribution < 1.29 is 13.2 Å². The molecule has 26 heavy (non-hydrogen) atoms. The maximum atomic E-state index is 12.1. The Balaban J connectivity index is 1.84. The average Bonchev–Trinajstić information content (AvgIpc) is 2.62. The van der Waals surface area contributed by atoms with Crippen LogP contribution in [0.5, 0.6) is 0 Å². The van der Waals surface area contributed by atoms with Crippen LogP contribution in [0.3, 0.4) is 0 Å². The van der Waals surface area contributed by atoms with E-state index in [1.165, 1.54) is 29.8 Å². The molecule has 1 atom stereocenters. The Morgan fingerprint density at radius 3 is 2.27 bits per heavy atom. The minimum Gasteiger partial charge on any atom is -0.326 e. The molecule has 0 radical (unpaired) electrons. The van der Waals surface area contributed by atoms with E-state index < -0.39 is 10.0 Å². The Bertz CT molecular complexity index is 834. The molecule has 0 aliphatic heterocycles. The van der Waals surface area contributed by atoms with Gasteiger partial charge in [0, 0.05) is 23.7 Å². The van der Waals surface area contributed by atoms with Gasteiger partial charge in [-0.15, -0.1) is 0 Å². The number of rotatable bonds is 8. The summed E-state index contributed by atoms with van der Waals surface area (Å²) in [4.78, 5) is 12.1. The SMILES string of the molecule is CCC(C)c1ccc(NC(=O)CCNS(=O)(=O)c2ccc(Cl)cc2)cc1. The first-order valence-electron chi connectivity index (χ1n) is 8.47. The van der Waals surface area contributed by atoms with E-state index in [1.807, 2.05) is 24.3 Å². The molecule has 2 N–H and O–H groups in total. The molecule has 0 bridgehead atoms. The molecule has 5 nitrogen and oxygen atoms in total. The average molecular weight is 395 g/mol. The summed E-state index contributed by atoms with van der Waals surface area (Å²) >= 11 is 5.75. The molecule has 0 fully saturated rings. The normalized spacial score (nSPS) is 12.6. The van der Waals surface area contributed by atoms with Gasteiger partial charge >= 0.3 is 0 Å². The van der Waals surface area contributed by atoms with Gasteiger partial charge in [0.1, 0.15) is 0 Å². The van der Waals surface area contributed by atoms with Crippen molar-refractivity contribution in [2.75, 3.05) is 11.9 Å². The van der Waals surface area contributed by atoms with Gasteiger partial charge in [-0.2, -0.15) is 0 Å². The van der Waals surface area contributed by atoms with Crippen LogP contribution in [-0.2, 0) is 14.8 Å². The Morgan fingerprint density at radius 1 is 1.08 bits per heavy atom. The third kappa shape index (κ3) is 5.83. The summed E-state index contributed by atoms with van der Waals surface area (Å²) in [6.07, 6.45) is 1.10. The molecule has 2 rings (SSSR count). The van der Waals surface area contributed by atoms with E-state index >= 15 is 0 Å². The summed E-state index contributed by atoms with van der Waals surface area (Å²) in [6, 6.07) is 13.6. The zero-order valence-corrected chi connectivity index (χ0v) is 16.4. The first kappa shape index (κ1) is 20.4. The number of amides is 1. The van der Waals surface area contributed by atoms with E-state index in [-0.39, 0.29) is 23.8 Å². The third-order valence-electron chi connectivity index (χ3n) is 4.14. The molecule has 2 aromatic carbocycles. The van der Waals surface area contributed by atoms with Gasteiger partial charge in [-0.1, -0.05) is 37.6 Å². The fourth-order valence-corrected chi connectivity index (χ4v) is 3.51. The fourth-order valence-electron chi connectivity index (χ4n) is 2.35. The standard InChI is InChI=1S/C19H23ClN2O3S/c1-3-14(2)15-4-8-17(9-5-15)22-19(23)12-13-21-26(24,25)18-10-6-16(20)7-11-18/h4-11,14,21H,3,12-13H2,1-2H3,(H,22,23). The molecular formula is C19H23ClN2O3S. The summed E-state index contributed by atoms with van der Waals surface area (Å²) < 4.78 is 26.7. The number of carbonyl (C=O) groups excluding carboxylic acids is 1. The molecular weight excluding hydrogens is 372 g/mol. The van der Waals surface area contributed by atoms with Crippen molar-refractivity contribution in [3.05, 3.63) is 59.1 Å². The zero-order valence-electron chi connectivity index (χ0n) is 14.8. The fraction of sp³-hybridized carbons (Fsp3) is 0.316. The summed E-state index contributed by atoms with van der Waals surface area (Å²) in [5.41, 5.74) is 1.92. The van der Waals surface area contributed by atoms with Crippen LogP contribution in [0.4, 0.5) is 5.69 Å². The van der Waals surface area contributed by atoms with Gasteiger partial charge in [-0.25, -0.2) is 13.1 Å². The van der Waals surface area contributed by atoms with Crippen molar-refractivity contribution in [1.29, 1.82) is 0 Å². The Morgan fingerprint density at radius 2 is 1.69 bits per heavy atom. The third-order valence-corrected chi connectivity index (χ3v) is 5.87. The maximum absolute atomic E-state index is 12.1. The molecule has 1 unspecified atom stereocenters. The first-order valence-corrected chi connectivity index (χ1v) is 10.3. The van der Waals surface area contributed by atoms with Gasteiger partial charge in [0.2, 0.25) is 15.9 Å². The lowest BCUT2D eigenvalue weighted by molar-refractivity contribution is -0.116. The van der Waals surface area contributed by atoms with Crippen LogP contribution >= 0.6 is 11.6 Å². The van der Waals surface area contributed by atoms with E-state index in [9.17, 15) is 13.2 Å². The number of carbonyl (C=O) groups is 1. The van der Waals surface area contributed by atoms with Gasteiger partial charge in [-0.3, -0.25) is 4.79 Å². The molecule has 1 amide bonds. The van der Waals surface area contributed by atoms with Crippen LogP contribution in [0, 0.1) is 0 Å². The van der Waals surface area contributed by atoms with E-state index in [2.05, 4.69) is 23.9 Å². The minimum absolute atomic E-state index is 0.0156. The van der Waals surface area contributed by atoms with Crippen LogP contribution in [0.1, 0.15) is 38.2 Å².